The summed E-state index contributed by atoms with van der Waals surface area (Å²) in [4.78, 5) is 15.9. The predicted molar refractivity (Wildman–Crippen MR) is 89.3 cm³/mol. The summed E-state index contributed by atoms with van der Waals surface area (Å²) in [7, 11) is -3.79. The van der Waals surface area contributed by atoms with E-state index in [0.29, 0.717) is 5.82 Å². The summed E-state index contributed by atoms with van der Waals surface area (Å²) >= 11 is 0. The van der Waals surface area contributed by atoms with Gasteiger partial charge in [-0.25, -0.2) is 8.42 Å². The second-order valence-electron chi connectivity index (χ2n) is 5.93. The molecule has 2 aromatic rings. The number of ether oxygens (including phenoxy) is 1. The number of nitrogens with one attached hydrogen (secondary N) is 1. The SMILES string of the molecule is Cc1ccc(S(=O)(=O)NCC(=O)OCc2nc(C(C)C)no2)cc1C. The molecule has 0 aliphatic heterocycles. The third-order valence-electron chi connectivity index (χ3n) is 3.55. The number of rotatable bonds is 7. The number of hydrogen-bond donors (Lipinski definition) is 1. The van der Waals surface area contributed by atoms with Crippen LogP contribution in [0.25, 0.3) is 0 Å². The van der Waals surface area contributed by atoms with Gasteiger partial charge in [-0.3, -0.25) is 4.79 Å². The second-order valence-corrected chi connectivity index (χ2v) is 7.70. The Balaban J connectivity index is 1.88. The van der Waals surface area contributed by atoms with Crippen molar-refractivity contribution in [2.24, 2.45) is 0 Å². The number of nitrogens with zero attached hydrogens (tertiary/aromatic N) is 2. The molecule has 0 bridgehead atoms. The zero-order valence-corrected chi connectivity index (χ0v) is 15.4. The van der Waals surface area contributed by atoms with Gasteiger partial charge in [0.2, 0.25) is 10.0 Å². The van der Waals surface area contributed by atoms with E-state index >= 15 is 0 Å². The second kappa shape index (κ2) is 7.75. The zero-order chi connectivity index (χ0) is 18.6. The van der Waals surface area contributed by atoms with E-state index in [9.17, 15) is 13.2 Å². The molecule has 1 aromatic heterocycles. The molecule has 0 saturated carbocycles. The van der Waals surface area contributed by atoms with Crippen molar-refractivity contribution in [2.75, 3.05) is 6.54 Å². The van der Waals surface area contributed by atoms with Crippen LogP contribution in [0.1, 0.15) is 42.6 Å². The first kappa shape index (κ1) is 19.1. The van der Waals surface area contributed by atoms with Gasteiger partial charge in [0.1, 0.15) is 6.54 Å². The number of carbonyl (C=O) groups is 1. The fourth-order valence-corrected chi connectivity index (χ4v) is 2.93. The van der Waals surface area contributed by atoms with Crippen LogP contribution in [-0.4, -0.2) is 31.1 Å². The lowest BCUT2D eigenvalue weighted by Gasteiger charge is -2.08. The van der Waals surface area contributed by atoms with Gasteiger partial charge in [-0.2, -0.15) is 9.71 Å². The first-order valence-corrected chi connectivity index (χ1v) is 9.22. The summed E-state index contributed by atoms with van der Waals surface area (Å²) in [6.45, 7) is 6.83. The molecule has 0 amide bonds. The molecule has 0 radical (unpaired) electrons. The van der Waals surface area contributed by atoms with Crippen LogP contribution in [0.3, 0.4) is 0 Å². The summed E-state index contributed by atoms with van der Waals surface area (Å²) < 4.78 is 36.5. The van der Waals surface area contributed by atoms with Crippen molar-refractivity contribution >= 4 is 16.0 Å². The number of aryl methyl sites for hydroxylation is 2. The number of sulfonamides is 1. The molecule has 0 aliphatic rings. The van der Waals surface area contributed by atoms with Crippen LogP contribution in [0.15, 0.2) is 27.6 Å². The number of benzene rings is 1. The lowest BCUT2D eigenvalue weighted by Crippen LogP contribution is -2.30. The van der Waals surface area contributed by atoms with Crippen LogP contribution in [0.5, 0.6) is 0 Å². The summed E-state index contributed by atoms with van der Waals surface area (Å²) in [5, 5.41) is 3.74. The first-order valence-electron chi connectivity index (χ1n) is 7.74. The topological polar surface area (TPSA) is 111 Å². The van der Waals surface area contributed by atoms with Gasteiger partial charge in [0, 0.05) is 5.92 Å². The number of aromatic nitrogens is 2. The maximum Gasteiger partial charge on any atom is 0.321 e. The minimum Gasteiger partial charge on any atom is -0.455 e. The average Bonchev–Trinajstić information content (AvgIpc) is 3.03. The van der Waals surface area contributed by atoms with Crippen LogP contribution in [0.4, 0.5) is 0 Å². The van der Waals surface area contributed by atoms with E-state index in [1.54, 1.807) is 12.1 Å². The van der Waals surface area contributed by atoms with Crippen molar-refractivity contribution in [3.63, 3.8) is 0 Å². The quantitative estimate of drug-likeness (QED) is 0.743. The van der Waals surface area contributed by atoms with E-state index in [2.05, 4.69) is 14.9 Å². The summed E-state index contributed by atoms with van der Waals surface area (Å²) in [5.74, 6) is 0.0326. The van der Waals surface area contributed by atoms with Crippen molar-refractivity contribution in [1.82, 2.24) is 14.9 Å². The summed E-state index contributed by atoms with van der Waals surface area (Å²) in [6.07, 6.45) is 0. The molecule has 136 valence electrons. The highest BCUT2D eigenvalue weighted by molar-refractivity contribution is 7.89. The monoisotopic (exact) mass is 367 g/mol. The van der Waals surface area contributed by atoms with Gasteiger partial charge < -0.3 is 9.26 Å². The molecule has 1 aromatic carbocycles. The average molecular weight is 367 g/mol. The van der Waals surface area contributed by atoms with Crippen molar-refractivity contribution in [3.8, 4) is 0 Å². The molecule has 0 saturated heterocycles. The molecular weight excluding hydrogens is 346 g/mol. The normalized spacial score (nSPS) is 11.7. The van der Waals surface area contributed by atoms with Gasteiger partial charge in [0.05, 0.1) is 4.90 Å². The Labute approximate surface area is 146 Å². The fourth-order valence-electron chi connectivity index (χ4n) is 1.87. The highest BCUT2D eigenvalue weighted by atomic mass is 32.2. The zero-order valence-electron chi connectivity index (χ0n) is 14.6. The Morgan fingerprint density at radius 1 is 1.28 bits per heavy atom. The molecule has 0 spiro atoms. The van der Waals surface area contributed by atoms with Gasteiger partial charge in [0.25, 0.3) is 5.89 Å². The van der Waals surface area contributed by atoms with Gasteiger partial charge in [0.15, 0.2) is 12.4 Å². The van der Waals surface area contributed by atoms with Gasteiger partial charge in [-0.1, -0.05) is 25.1 Å². The highest BCUT2D eigenvalue weighted by Crippen LogP contribution is 2.14. The molecule has 25 heavy (non-hydrogen) atoms. The fraction of sp³-hybridized carbons (Fsp3) is 0.438. The molecule has 1 heterocycles. The molecule has 9 heteroatoms. The lowest BCUT2D eigenvalue weighted by molar-refractivity contribution is -0.144. The molecule has 0 aliphatic carbocycles. The number of carbonyl (C=O) groups excluding carboxylic acids is 1. The van der Waals surface area contributed by atoms with Gasteiger partial charge in [-0.05, 0) is 37.1 Å². The Kier molecular flexibility index (Phi) is 5.91. The van der Waals surface area contributed by atoms with E-state index in [4.69, 9.17) is 9.26 Å². The van der Waals surface area contributed by atoms with E-state index in [0.717, 1.165) is 11.1 Å². The number of esters is 1. The van der Waals surface area contributed by atoms with Crippen LogP contribution >= 0.6 is 0 Å². The molecule has 2 rings (SSSR count). The Hall–Kier alpha value is -2.26. The van der Waals surface area contributed by atoms with Gasteiger partial charge in [-0.15, -0.1) is 0 Å². The van der Waals surface area contributed by atoms with Crippen molar-refractivity contribution < 1.29 is 22.5 Å². The van der Waals surface area contributed by atoms with Crippen LogP contribution < -0.4 is 4.72 Å². The van der Waals surface area contributed by atoms with Crippen LogP contribution in [0, 0.1) is 13.8 Å². The van der Waals surface area contributed by atoms with Gasteiger partial charge >= 0.3 is 5.97 Å². The minimum atomic E-state index is -3.79. The largest absolute Gasteiger partial charge is 0.455 e. The Bertz CT molecular complexity index is 858. The van der Waals surface area contributed by atoms with E-state index < -0.39 is 22.5 Å². The summed E-state index contributed by atoms with van der Waals surface area (Å²) in [6, 6.07) is 4.75. The Morgan fingerprint density at radius 2 is 2.00 bits per heavy atom. The standard InChI is InChI=1S/C16H21N3O5S/c1-10(2)16-18-14(24-19-16)9-23-15(20)8-17-25(21,22)13-6-5-11(3)12(4)7-13/h5-7,10,17H,8-9H2,1-4H3. The molecule has 8 nitrogen and oxygen atoms in total. The van der Waals surface area contributed by atoms with Crippen molar-refractivity contribution in [3.05, 3.63) is 41.0 Å². The first-order chi connectivity index (χ1) is 11.7. The highest BCUT2D eigenvalue weighted by Gasteiger charge is 2.17. The molecular formula is C16H21N3O5S. The smallest absolute Gasteiger partial charge is 0.321 e. The third-order valence-corrected chi connectivity index (χ3v) is 4.95. The molecule has 0 fully saturated rings. The lowest BCUT2D eigenvalue weighted by atomic mass is 10.1. The van der Waals surface area contributed by atoms with E-state index in [-0.39, 0.29) is 23.3 Å². The molecule has 1 N–H and O–H groups in total. The molecule has 0 unspecified atom stereocenters. The maximum atomic E-state index is 12.2. The minimum absolute atomic E-state index is 0.0953. The third kappa shape index (κ3) is 5.10. The summed E-state index contributed by atoms with van der Waals surface area (Å²) in [5.41, 5.74) is 1.83. The van der Waals surface area contributed by atoms with E-state index in [1.165, 1.54) is 6.07 Å². The molecule has 0 atom stereocenters. The van der Waals surface area contributed by atoms with E-state index in [1.807, 2.05) is 27.7 Å². The maximum absolute atomic E-state index is 12.2. The van der Waals surface area contributed by atoms with Crippen LogP contribution in [0.2, 0.25) is 0 Å². The number of hydrogen-bond acceptors (Lipinski definition) is 7. The predicted octanol–water partition coefficient (Wildman–Crippen LogP) is 1.83. The van der Waals surface area contributed by atoms with Crippen molar-refractivity contribution in [1.29, 1.82) is 0 Å². The Morgan fingerprint density at radius 3 is 2.60 bits per heavy atom. The van der Waals surface area contributed by atoms with Crippen LogP contribution in [-0.2, 0) is 26.2 Å². The van der Waals surface area contributed by atoms with Crippen molar-refractivity contribution in [2.45, 2.75) is 45.1 Å².